The van der Waals surface area contributed by atoms with Crippen molar-refractivity contribution in [2.45, 2.75) is 6.92 Å². The Labute approximate surface area is 94.4 Å². The summed E-state index contributed by atoms with van der Waals surface area (Å²) in [5.41, 5.74) is 1.07. The molecule has 2 heterocycles. The minimum absolute atomic E-state index is 0.105. The molecule has 1 aliphatic rings. The monoisotopic (exact) mass is 221 g/mol. The van der Waals surface area contributed by atoms with Crippen LogP contribution in [0.25, 0.3) is 0 Å². The lowest BCUT2D eigenvalue weighted by atomic mass is 10.3. The number of amides is 1. The van der Waals surface area contributed by atoms with Gasteiger partial charge in [0.15, 0.2) is 0 Å². The van der Waals surface area contributed by atoms with E-state index >= 15 is 0 Å². The minimum atomic E-state index is -0.105. The molecule has 0 unspecified atom stereocenters. The first-order valence-corrected chi connectivity index (χ1v) is 5.32. The van der Waals surface area contributed by atoms with E-state index in [2.05, 4.69) is 15.2 Å². The summed E-state index contributed by atoms with van der Waals surface area (Å²) in [6, 6.07) is 3.82. The van der Waals surface area contributed by atoms with Crippen molar-refractivity contribution < 1.29 is 9.53 Å². The maximum atomic E-state index is 10.9. The van der Waals surface area contributed by atoms with Crippen LogP contribution in [0.4, 0.5) is 11.5 Å². The first-order chi connectivity index (χ1) is 7.75. The lowest BCUT2D eigenvalue weighted by Crippen LogP contribution is -2.36. The zero-order chi connectivity index (χ0) is 11.4. The molecule has 1 aliphatic heterocycles. The van der Waals surface area contributed by atoms with Crippen molar-refractivity contribution in [2.75, 3.05) is 36.5 Å². The van der Waals surface area contributed by atoms with Crippen molar-refractivity contribution in [3.05, 3.63) is 18.3 Å². The normalized spacial score (nSPS) is 15.9. The highest BCUT2D eigenvalue weighted by Gasteiger charge is 2.11. The summed E-state index contributed by atoms with van der Waals surface area (Å²) in [5.74, 6) is 0.489. The molecule has 1 saturated heterocycles. The number of hydrogen-bond donors (Lipinski definition) is 1. The fraction of sp³-hybridized carbons (Fsp3) is 0.455. The quantitative estimate of drug-likeness (QED) is 0.805. The molecule has 0 radical (unpaired) electrons. The number of pyridine rings is 1. The van der Waals surface area contributed by atoms with E-state index in [9.17, 15) is 4.79 Å². The van der Waals surface area contributed by atoms with Crippen LogP contribution in [0.5, 0.6) is 0 Å². The number of nitrogens with one attached hydrogen (secondary N) is 1. The molecule has 1 aromatic rings. The predicted molar refractivity (Wildman–Crippen MR) is 61.6 cm³/mol. The van der Waals surface area contributed by atoms with E-state index in [0.29, 0.717) is 5.82 Å². The molecule has 0 aromatic carbocycles. The van der Waals surface area contributed by atoms with Gasteiger partial charge in [-0.1, -0.05) is 0 Å². The number of carbonyl (C=O) groups excluding carboxylic acids is 1. The molecule has 86 valence electrons. The summed E-state index contributed by atoms with van der Waals surface area (Å²) in [7, 11) is 0. The first kappa shape index (κ1) is 10.9. The van der Waals surface area contributed by atoms with Crippen LogP contribution >= 0.6 is 0 Å². The van der Waals surface area contributed by atoms with Gasteiger partial charge in [-0.3, -0.25) is 4.79 Å². The maximum absolute atomic E-state index is 10.9. The Morgan fingerprint density at radius 2 is 2.25 bits per heavy atom. The molecule has 0 aliphatic carbocycles. The zero-order valence-corrected chi connectivity index (χ0v) is 9.27. The number of nitrogens with zero attached hydrogens (tertiary/aromatic N) is 2. The number of anilines is 2. The van der Waals surface area contributed by atoms with Crippen molar-refractivity contribution in [2.24, 2.45) is 0 Å². The molecule has 5 nitrogen and oxygen atoms in total. The van der Waals surface area contributed by atoms with Crippen molar-refractivity contribution >= 4 is 17.4 Å². The van der Waals surface area contributed by atoms with Crippen LogP contribution in [0.15, 0.2) is 18.3 Å². The summed E-state index contributed by atoms with van der Waals surface area (Å²) in [4.78, 5) is 17.2. The van der Waals surface area contributed by atoms with Crippen LogP contribution in [0.2, 0.25) is 0 Å². The van der Waals surface area contributed by atoms with Crippen LogP contribution in [0.1, 0.15) is 6.92 Å². The lowest BCUT2D eigenvalue weighted by molar-refractivity contribution is -0.114. The largest absolute Gasteiger partial charge is 0.378 e. The SMILES string of the molecule is CC(=O)Nc1cc(N2CCOCC2)ccn1. The van der Waals surface area contributed by atoms with E-state index in [4.69, 9.17) is 4.74 Å². The molecular weight excluding hydrogens is 206 g/mol. The molecule has 1 N–H and O–H groups in total. The number of morpholine rings is 1. The molecule has 0 spiro atoms. The average molecular weight is 221 g/mol. The van der Waals surface area contributed by atoms with E-state index in [1.54, 1.807) is 6.20 Å². The van der Waals surface area contributed by atoms with Crippen LogP contribution in [0, 0.1) is 0 Å². The second-order valence-electron chi connectivity index (χ2n) is 3.68. The first-order valence-electron chi connectivity index (χ1n) is 5.32. The molecule has 0 atom stereocenters. The Morgan fingerprint density at radius 3 is 2.94 bits per heavy atom. The van der Waals surface area contributed by atoms with Crippen molar-refractivity contribution in [3.8, 4) is 0 Å². The number of ether oxygens (including phenoxy) is 1. The van der Waals surface area contributed by atoms with E-state index in [1.807, 2.05) is 12.1 Å². The van der Waals surface area contributed by atoms with Gasteiger partial charge in [0, 0.05) is 38.0 Å². The fourth-order valence-electron chi connectivity index (χ4n) is 1.69. The van der Waals surface area contributed by atoms with Crippen LogP contribution in [-0.2, 0) is 9.53 Å². The van der Waals surface area contributed by atoms with E-state index in [0.717, 1.165) is 32.0 Å². The number of rotatable bonds is 2. The Balaban J connectivity index is 2.11. The molecule has 2 rings (SSSR count). The lowest BCUT2D eigenvalue weighted by Gasteiger charge is -2.28. The average Bonchev–Trinajstić information content (AvgIpc) is 2.30. The predicted octanol–water partition coefficient (Wildman–Crippen LogP) is 0.877. The van der Waals surface area contributed by atoms with Gasteiger partial charge < -0.3 is 15.0 Å². The van der Waals surface area contributed by atoms with Gasteiger partial charge in [0.05, 0.1) is 13.2 Å². The Kier molecular flexibility index (Phi) is 3.36. The smallest absolute Gasteiger partial charge is 0.222 e. The van der Waals surface area contributed by atoms with Crippen LogP contribution < -0.4 is 10.2 Å². The van der Waals surface area contributed by atoms with Gasteiger partial charge in [0.2, 0.25) is 5.91 Å². The van der Waals surface area contributed by atoms with Crippen molar-refractivity contribution in [3.63, 3.8) is 0 Å². The molecule has 0 saturated carbocycles. The van der Waals surface area contributed by atoms with Crippen molar-refractivity contribution in [1.29, 1.82) is 0 Å². The topological polar surface area (TPSA) is 54.5 Å². The summed E-state index contributed by atoms with van der Waals surface area (Å²) in [5, 5.41) is 2.68. The van der Waals surface area contributed by atoms with Gasteiger partial charge in [0.25, 0.3) is 0 Å². The third kappa shape index (κ3) is 2.70. The van der Waals surface area contributed by atoms with Crippen LogP contribution in [0.3, 0.4) is 0 Å². The van der Waals surface area contributed by atoms with E-state index < -0.39 is 0 Å². The number of aromatic nitrogens is 1. The highest BCUT2D eigenvalue weighted by atomic mass is 16.5. The molecule has 16 heavy (non-hydrogen) atoms. The third-order valence-corrected chi connectivity index (χ3v) is 2.42. The highest BCUT2D eigenvalue weighted by Crippen LogP contribution is 2.18. The Morgan fingerprint density at radius 1 is 1.50 bits per heavy atom. The van der Waals surface area contributed by atoms with Gasteiger partial charge in [0.1, 0.15) is 5.82 Å². The summed E-state index contributed by atoms with van der Waals surface area (Å²) in [6.45, 7) is 4.73. The van der Waals surface area contributed by atoms with Gasteiger partial charge in [-0.2, -0.15) is 0 Å². The molecule has 5 heteroatoms. The minimum Gasteiger partial charge on any atom is -0.378 e. The second kappa shape index (κ2) is 4.94. The standard InChI is InChI=1S/C11H15N3O2/c1-9(15)13-11-8-10(2-3-12-11)14-4-6-16-7-5-14/h2-3,8H,4-7H2,1H3,(H,12,13,15). The molecule has 0 bridgehead atoms. The highest BCUT2D eigenvalue weighted by molar-refractivity contribution is 5.88. The molecule has 1 aromatic heterocycles. The molecule has 1 amide bonds. The summed E-state index contributed by atoms with van der Waals surface area (Å²) in [6.07, 6.45) is 1.70. The Bertz CT molecular complexity index is 375. The summed E-state index contributed by atoms with van der Waals surface area (Å²) >= 11 is 0. The van der Waals surface area contributed by atoms with Gasteiger partial charge in [-0.05, 0) is 6.07 Å². The number of carbonyl (C=O) groups is 1. The zero-order valence-electron chi connectivity index (χ0n) is 9.27. The number of hydrogen-bond acceptors (Lipinski definition) is 4. The van der Waals surface area contributed by atoms with Gasteiger partial charge in [-0.25, -0.2) is 4.98 Å². The van der Waals surface area contributed by atoms with E-state index in [-0.39, 0.29) is 5.91 Å². The molecule has 1 fully saturated rings. The summed E-state index contributed by atoms with van der Waals surface area (Å²) < 4.78 is 5.29. The fourth-order valence-corrected chi connectivity index (χ4v) is 1.69. The Hall–Kier alpha value is -1.62. The maximum Gasteiger partial charge on any atom is 0.222 e. The van der Waals surface area contributed by atoms with Crippen LogP contribution in [-0.4, -0.2) is 37.2 Å². The third-order valence-electron chi connectivity index (χ3n) is 2.42. The molecular formula is C11H15N3O2. The second-order valence-corrected chi connectivity index (χ2v) is 3.68. The van der Waals surface area contributed by atoms with Gasteiger partial charge >= 0.3 is 0 Å². The van der Waals surface area contributed by atoms with Gasteiger partial charge in [-0.15, -0.1) is 0 Å². The van der Waals surface area contributed by atoms with Crippen molar-refractivity contribution in [1.82, 2.24) is 4.98 Å². The van der Waals surface area contributed by atoms with E-state index in [1.165, 1.54) is 6.92 Å².